The van der Waals surface area contributed by atoms with E-state index in [0.717, 1.165) is 12.8 Å². The van der Waals surface area contributed by atoms with E-state index in [4.69, 9.17) is 9.47 Å². The van der Waals surface area contributed by atoms with E-state index in [2.05, 4.69) is 6.92 Å². The fraction of sp³-hybridized carbons (Fsp3) is 0.857. The summed E-state index contributed by atoms with van der Waals surface area (Å²) in [4.78, 5) is 24.0. The third-order valence-electron chi connectivity index (χ3n) is 4.51. The molecule has 4 atom stereocenters. The normalized spacial score (nSPS) is 35.9. The average molecular weight is 270 g/mol. The van der Waals surface area contributed by atoms with E-state index in [1.165, 1.54) is 0 Å². The van der Waals surface area contributed by atoms with Gasteiger partial charge in [-0.25, -0.2) is 0 Å². The van der Waals surface area contributed by atoms with Gasteiger partial charge in [-0.15, -0.1) is 0 Å². The van der Waals surface area contributed by atoms with Crippen molar-refractivity contribution in [1.29, 1.82) is 0 Å². The molecule has 2 rings (SSSR count). The van der Waals surface area contributed by atoms with Crippen molar-refractivity contribution in [1.82, 2.24) is 0 Å². The van der Waals surface area contributed by atoms with Crippen LogP contribution < -0.4 is 0 Å². The van der Waals surface area contributed by atoms with Crippen molar-refractivity contribution in [3.63, 3.8) is 0 Å². The molecule has 0 amide bonds. The summed E-state index contributed by atoms with van der Waals surface area (Å²) < 4.78 is 9.88. The minimum Gasteiger partial charge on any atom is -0.465 e. The van der Waals surface area contributed by atoms with Crippen LogP contribution in [0.1, 0.15) is 33.6 Å². The molecule has 19 heavy (non-hydrogen) atoms. The second kappa shape index (κ2) is 5.12. The Balaban J connectivity index is 2.19. The molecule has 2 fully saturated rings. The molecule has 0 radical (unpaired) electrons. The highest BCUT2D eigenvalue weighted by Gasteiger charge is 2.75. The summed E-state index contributed by atoms with van der Waals surface area (Å²) in [5.74, 6) is -2.13. The number of hydrogen-bond acceptors (Lipinski definition) is 5. The summed E-state index contributed by atoms with van der Waals surface area (Å²) in [6.45, 7) is 5.79. The number of carbonyl (C=O) groups excluding carboxylic acids is 2. The van der Waals surface area contributed by atoms with Crippen molar-refractivity contribution < 1.29 is 24.2 Å². The van der Waals surface area contributed by atoms with Gasteiger partial charge in [0.15, 0.2) is 5.92 Å². The lowest BCUT2D eigenvalue weighted by molar-refractivity contribution is -0.170. The molecule has 0 bridgehead atoms. The van der Waals surface area contributed by atoms with Crippen molar-refractivity contribution >= 4 is 11.9 Å². The Hall–Kier alpha value is -1.10. The van der Waals surface area contributed by atoms with Crippen LogP contribution in [0, 0.1) is 23.7 Å². The van der Waals surface area contributed by atoms with Gasteiger partial charge >= 0.3 is 11.9 Å². The van der Waals surface area contributed by atoms with Crippen LogP contribution in [-0.2, 0) is 19.1 Å². The first kappa shape index (κ1) is 14.3. The van der Waals surface area contributed by atoms with Gasteiger partial charge in [0, 0.05) is 0 Å². The van der Waals surface area contributed by atoms with Gasteiger partial charge in [0.1, 0.15) is 0 Å². The largest absolute Gasteiger partial charge is 0.465 e. The van der Waals surface area contributed by atoms with E-state index in [9.17, 15) is 14.7 Å². The van der Waals surface area contributed by atoms with Gasteiger partial charge in [-0.2, -0.15) is 0 Å². The highest BCUT2D eigenvalue weighted by atomic mass is 16.6. The summed E-state index contributed by atoms with van der Waals surface area (Å²) in [5, 5.41) is 10.7. The molecule has 1 N–H and O–H groups in total. The molecule has 108 valence electrons. The molecule has 0 aliphatic heterocycles. The van der Waals surface area contributed by atoms with Crippen LogP contribution in [0.15, 0.2) is 0 Å². The van der Waals surface area contributed by atoms with E-state index in [0.29, 0.717) is 5.92 Å². The molecular weight excluding hydrogens is 248 g/mol. The highest BCUT2D eigenvalue weighted by Crippen LogP contribution is 2.66. The minimum absolute atomic E-state index is 0.0197. The number of ether oxygens (including phenoxy) is 2. The Morgan fingerprint density at radius 3 is 2.11 bits per heavy atom. The molecular formula is C14H22O5. The molecule has 5 heteroatoms. The maximum Gasteiger partial charge on any atom is 0.323 e. The van der Waals surface area contributed by atoms with Crippen LogP contribution >= 0.6 is 0 Å². The maximum atomic E-state index is 12.0. The SMILES string of the molecule is CCOC(=O)C(C(=O)OCC)[C@@]1(O)[C@@H]2[C@H](C)CC[C@@H]21. The number of fused-ring (bicyclic) bond motifs is 1. The molecule has 0 aromatic rings. The monoisotopic (exact) mass is 270 g/mol. The van der Waals surface area contributed by atoms with Gasteiger partial charge in [0.2, 0.25) is 0 Å². The topological polar surface area (TPSA) is 72.8 Å². The van der Waals surface area contributed by atoms with Crippen molar-refractivity contribution in [2.45, 2.75) is 39.2 Å². The molecule has 0 aromatic carbocycles. The Kier molecular flexibility index (Phi) is 3.85. The molecule has 0 saturated heterocycles. The number of aliphatic hydroxyl groups is 1. The molecule has 0 unspecified atom stereocenters. The summed E-state index contributed by atoms with van der Waals surface area (Å²) in [5.41, 5.74) is -1.25. The van der Waals surface area contributed by atoms with Crippen molar-refractivity contribution in [3.05, 3.63) is 0 Å². The van der Waals surface area contributed by atoms with E-state index in [-0.39, 0.29) is 25.0 Å². The van der Waals surface area contributed by atoms with Crippen LogP contribution in [0.2, 0.25) is 0 Å². The fourth-order valence-electron chi connectivity index (χ4n) is 3.71. The summed E-state index contributed by atoms with van der Waals surface area (Å²) in [6, 6.07) is 0. The second-order valence-electron chi connectivity index (χ2n) is 5.51. The fourth-order valence-corrected chi connectivity index (χ4v) is 3.71. The molecule has 5 nitrogen and oxygen atoms in total. The lowest BCUT2D eigenvalue weighted by atomic mass is 9.89. The Labute approximate surface area is 113 Å². The maximum absolute atomic E-state index is 12.0. The van der Waals surface area contributed by atoms with Gasteiger partial charge in [0.25, 0.3) is 0 Å². The number of carbonyl (C=O) groups is 2. The second-order valence-corrected chi connectivity index (χ2v) is 5.51. The minimum atomic E-state index is -1.25. The lowest BCUT2D eigenvalue weighted by Crippen LogP contribution is -2.43. The first-order chi connectivity index (χ1) is 8.98. The van der Waals surface area contributed by atoms with Gasteiger partial charge in [-0.1, -0.05) is 6.92 Å². The summed E-state index contributed by atoms with van der Waals surface area (Å²) >= 11 is 0. The molecule has 0 aromatic heterocycles. The van der Waals surface area contributed by atoms with E-state index >= 15 is 0 Å². The van der Waals surface area contributed by atoms with E-state index in [1.807, 2.05) is 0 Å². The molecule has 2 aliphatic rings. The molecule has 0 heterocycles. The van der Waals surface area contributed by atoms with Gasteiger partial charge in [-0.3, -0.25) is 9.59 Å². The quantitative estimate of drug-likeness (QED) is 0.599. The number of hydrogen-bond donors (Lipinski definition) is 1. The van der Waals surface area contributed by atoms with Crippen LogP contribution in [0.25, 0.3) is 0 Å². The van der Waals surface area contributed by atoms with Crippen LogP contribution in [0.4, 0.5) is 0 Å². The Morgan fingerprint density at radius 1 is 1.21 bits per heavy atom. The first-order valence-corrected chi connectivity index (χ1v) is 7.04. The zero-order chi connectivity index (χ0) is 14.2. The average Bonchev–Trinajstić information content (AvgIpc) is 2.71. The molecule has 2 saturated carbocycles. The smallest absolute Gasteiger partial charge is 0.323 e. The lowest BCUT2D eigenvalue weighted by Gasteiger charge is -2.24. The predicted octanol–water partition coefficient (Wildman–Crippen LogP) is 1.14. The Morgan fingerprint density at radius 2 is 1.74 bits per heavy atom. The Bertz CT molecular complexity index is 362. The van der Waals surface area contributed by atoms with Crippen LogP contribution in [0.3, 0.4) is 0 Å². The first-order valence-electron chi connectivity index (χ1n) is 7.04. The summed E-state index contributed by atoms with van der Waals surface area (Å²) in [7, 11) is 0. The third-order valence-corrected chi connectivity index (χ3v) is 4.51. The van der Waals surface area contributed by atoms with E-state index in [1.54, 1.807) is 13.8 Å². The number of rotatable bonds is 5. The van der Waals surface area contributed by atoms with Crippen LogP contribution in [0.5, 0.6) is 0 Å². The molecule has 0 spiro atoms. The highest BCUT2D eigenvalue weighted by molar-refractivity contribution is 5.97. The van der Waals surface area contributed by atoms with Gasteiger partial charge < -0.3 is 14.6 Å². The third kappa shape index (κ3) is 2.14. The van der Waals surface area contributed by atoms with Gasteiger partial charge in [-0.05, 0) is 44.4 Å². The van der Waals surface area contributed by atoms with Crippen molar-refractivity contribution in [2.75, 3.05) is 13.2 Å². The molecule has 2 aliphatic carbocycles. The zero-order valence-corrected chi connectivity index (χ0v) is 11.7. The van der Waals surface area contributed by atoms with Crippen LogP contribution in [-0.4, -0.2) is 35.9 Å². The summed E-state index contributed by atoms with van der Waals surface area (Å²) in [6.07, 6.45) is 1.90. The standard InChI is InChI=1S/C14H22O5/c1-4-18-12(15)11(13(16)19-5-2)14(17)9-7-6-8(3)10(9)14/h8-11,17H,4-7H2,1-3H3/t8-,9+,10-,14+/m1/s1. The van der Waals surface area contributed by atoms with E-state index < -0.39 is 23.5 Å². The van der Waals surface area contributed by atoms with Gasteiger partial charge in [0.05, 0.1) is 18.8 Å². The van der Waals surface area contributed by atoms with Crippen molar-refractivity contribution in [3.8, 4) is 0 Å². The van der Waals surface area contributed by atoms with Crippen molar-refractivity contribution in [2.24, 2.45) is 23.7 Å². The zero-order valence-electron chi connectivity index (χ0n) is 11.7. The number of esters is 2. The predicted molar refractivity (Wildman–Crippen MR) is 67.1 cm³/mol.